The standard InChI is InChI=1S/C20H27NO3/c22-19(23)10-4-6-15-11-12-18-17(14-15)9-5-13-21(18)20(24)16-7-2-1-3-8-16/h11-12,14,16H,1-10,13H2,(H,22,23). The lowest BCUT2D eigenvalue weighted by Gasteiger charge is -2.34. The summed E-state index contributed by atoms with van der Waals surface area (Å²) in [7, 11) is 0. The lowest BCUT2D eigenvalue weighted by molar-refractivity contribution is -0.137. The summed E-state index contributed by atoms with van der Waals surface area (Å²) in [5.41, 5.74) is 3.51. The number of carboxylic acid groups (broad SMARTS) is 1. The predicted molar refractivity (Wildman–Crippen MR) is 94.3 cm³/mol. The number of hydrogen-bond acceptors (Lipinski definition) is 2. The number of fused-ring (bicyclic) bond motifs is 1. The van der Waals surface area contributed by atoms with Gasteiger partial charge in [0.1, 0.15) is 0 Å². The number of hydrogen-bond donors (Lipinski definition) is 1. The van der Waals surface area contributed by atoms with Crippen molar-refractivity contribution in [2.24, 2.45) is 5.92 Å². The van der Waals surface area contributed by atoms with E-state index in [2.05, 4.69) is 18.2 Å². The first-order valence-corrected chi connectivity index (χ1v) is 9.30. The third-order valence-electron chi connectivity index (χ3n) is 5.34. The van der Waals surface area contributed by atoms with E-state index in [1.54, 1.807) is 0 Å². The second-order valence-corrected chi connectivity index (χ2v) is 7.14. The molecule has 0 radical (unpaired) electrons. The normalized spacial score (nSPS) is 18.2. The van der Waals surface area contributed by atoms with Crippen molar-refractivity contribution in [1.29, 1.82) is 0 Å². The fourth-order valence-corrected chi connectivity index (χ4v) is 4.05. The van der Waals surface area contributed by atoms with Crippen LogP contribution in [0.15, 0.2) is 18.2 Å². The highest BCUT2D eigenvalue weighted by molar-refractivity contribution is 5.96. The molecule has 130 valence electrons. The van der Waals surface area contributed by atoms with Gasteiger partial charge >= 0.3 is 5.97 Å². The molecule has 1 heterocycles. The molecule has 0 saturated heterocycles. The molecule has 3 rings (SSSR count). The Bertz CT molecular complexity index is 605. The minimum absolute atomic E-state index is 0.208. The third-order valence-corrected chi connectivity index (χ3v) is 5.34. The number of benzene rings is 1. The Balaban J connectivity index is 1.70. The molecule has 1 fully saturated rings. The molecular formula is C20H27NO3. The summed E-state index contributed by atoms with van der Waals surface area (Å²) in [4.78, 5) is 25.6. The van der Waals surface area contributed by atoms with Gasteiger partial charge in [-0.3, -0.25) is 9.59 Å². The van der Waals surface area contributed by atoms with Crippen molar-refractivity contribution in [2.45, 2.75) is 64.2 Å². The highest BCUT2D eigenvalue weighted by Gasteiger charge is 2.29. The quantitative estimate of drug-likeness (QED) is 0.890. The van der Waals surface area contributed by atoms with Gasteiger partial charge in [0.2, 0.25) is 5.91 Å². The Kier molecular flexibility index (Phi) is 5.54. The highest BCUT2D eigenvalue weighted by Crippen LogP contribution is 2.33. The lowest BCUT2D eigenvalue weighted by atomic mass is 9.87. The average Bonchev–Trinajstić information content (AvgIpc) is 2.61. The summed E-state index contributed by atoms with van der Waals surface area (Å²) >= 11 is 0. The SMILES string of the molecule is O=C(O)CCCc1ccc2c(c1)CCCN2C(=O)C1CCCCC1. The van der Waals surface area contributed by atoms with Crippen LogP contribution in [0.2, 0.25) is 0 Å². The Morgan fingerprint density at radius 1 is 1.12 bits per heavy atom. The molecule has 1 aliphatic carbocycles. The molecule has 0 bridgehead atoms. The van der Waals surface area contributed by atoms with E-state index >= 15 is 0 Å². The van der Waals surface area contributed by atoms with Crippen LogP contribution < -0.4 is 4.90 Å². The number of amides is 1. The maximum Gasteiger partial charge on any atom is 0.303 e. The van der Waals surface area contributed by atoms with Crippen LogP contribution in [0.25, 0.3) is 0 Å². The zero-order chi connectivity index (χ0) is 16.9. The smallest absolute Gasteiger partial charge is 0.303 e. The van der Waals surface area contributed by atoms with Crippen LogP contribution in [0.5, 0.6) is 0 Å². The third kappa shape index (κ3) is 3.97. The summed E-state index contributed by atoms with van der Waals surface area (Å²) in [6, 6.07) is 6.32. The van der Waals surface area contributed by atoms with Crippen LogP contribution in [0.3, 0.4) is 0 Å². The molecule has 4 nitrogen and oxygen atoms in total. The van der Waals surface area contributed by atoms with Gasteiger partial charge in [-0.05, 0) is 55.7 Å². The van der Waals surface area contributed by atoms with Crippen molar-refractivity contribution in [2.75, 3.05) is 11.4 Å². The Hall–Kier alpha value is -1.84. The average molecular weight is 329 g/mol. The van der Waals surface area contributed by atoms with E-state index in [1.807, 2.05) is 4.90 Å². The summed E-state index contributed by atoms with van der Waals surface area (Å²) in [6.07, 6.45) is 9.40. The first-order valence-electron chi connectivity index (χ1n) is 9.30. The molecule has 24 heavy (non-hydrogen) atoms. The van der Waals surface area contributed by atoms with E-state index in [9.17, 15) is 9.59 Å². The molecule has 0 aromatic heterocycles. The van der Waals surface area contributed by atoms with Crippen LogP contribution in [-0.4, -0.2) is 23.5 Å². The fraction of sp³-hybridized carbons (Fsp3) is 0.600. The van der Waals surface area contributed by atoms with E-state index in [0.717, 1.165) is 44.3 Å². The van der Waals surface area contributed by atoms with Gasteiger partial charge in [-0.15, -0.1) is 0 Å². The number of rotatable bonds is 5. The molecule has 0 atom stereocenters. The molecule has 0 spiro atoms. The maximum absolute atomic E-state index is 12.9. The molecular weight excluding hydrogens is 302 g/mol. The van der Waals surface area contributed by atoms with E-state index < -0.39 is 5.97 Å². The van der Waals surface area contributed by atoms with Gasteiger partial charge in [-0.1, -0.05) is 31.4 Å². The summed E-state index contributed by atoms with van der Waals surface area (Å²) < 4.78 is 0. The number of carbonyl (C=O) groups is 2. The van der Waals surface area contributed by atoms with E-state index in [-0.39, 0.29) is 12.3 Å². The van der Waals surface area contributed by atoms with Gasteiger partial charge in [-0.2, -0.15) is 0 Å². The van der Waals surface area contributed by atoms with Crippen molar-refractivity contribution in [1.82, 2.24) is 0 Å². The predicted octanol–water partition coefficient (Wildman–Crippen LogP) is 3.95. The van der Waals surface area contributed by atoms with Crippen LogP contribution in [0.4, 0.5) is 5.69 Å². The van der Waals surface area contributed by atoms with Crippen LogP contribution in [-0.2, 0) is 22.4 Å². The topological polar surface area (TPSA) is 57.6 Å². The summed E-state index contributed by atoms with van der Waals surface area (Å²) in [5, 5.41) is 8.76. The molecule has 0 unspecified atom stereocenters. The zero-order valence-corrected chi connectivity index (χ0v) is 14.3. The van der Waals surface area contributed by atoms with Crippen molar-refractivity contribution >= 4 is 17.6 Å². The second kappa shape index (κ2) is 7.82. The largest absolute Gasteiger partial charge is 0.481 e. The maximum atomic E-state index is 12.9. The first-order chi connectivity index (χ1) is 11.6. The van der Waals surface area contributed by atoms with Crippen molar-refractivity contribution in [3.05, 3.63) is 29.3 Å². The fourth-order valence-electron chi connectivity index (χ4n) is 4.05. The molecule has 1 aliphatic heterocycles. The van der Waals surface area contributed by atoms with Gasteiger partial charge in [0.15, 0.2) is 0 Å². The summed E-state index contributed by atoms with van der Waals surface area (Å²) in [5.74, 6) is -0.216. The first kappa shape index (κ1) is 17.0. The zero-order valence-electron chi connectivity index (χ0n) is 14.3. The van der Waals surface area contributed by atoms with E-state index in [4.69, 9.17) is 5.11 Å². The van der Waals surface area contributed by atoms with E-state index in [1.165, 1.54) is 30.4 Å². The summed E-state index contributed by atoms with van der Waals surface area (Å²) in [6.45, 7) is 0.834. The van der Waals surface area contributed by atoms with Gasteiger partial charge in [0, 0.05) is 24.6 Å². The molecule has 1 amide bonds. The monoisotopic (exact) mass is 329 g/mol. The highest BCUT2D eigenvalue weighted by atomic mass is 16.4. The number of aryl methyl sites for hydroxylation is 2. The van der Waals surface area contributed by atoms with Gasteiger partial charge in [-0.25, -0.2) is 0 Å². The molecule has 4 heteroatoms. The molecule has 1 aromatic rings. The number of aliphatic carboxylic acids is 1. The number of carbonyl (C=O) groups excluding carboxylic acids is 1. The van der Waals surface area contributed by atoms with Crippen molar-refractivity contribution in [3.8, 4) is 0 Å². The molecule has 1 saturated carbocycles. The Morgan fingerprint density at radius 3 is 2.67 bits per heavy atom. The number of carboxylic acids is 1. The van der Waals surface area contributed by atoms with Gasteiger partial charge in [0.25, 0.3) is 0 Å². The number of nitrogens with zero attached hydrogens (tertiary/aromatic N) is 1. The Morgan fingerprint density at radius 2 is 1.92 bits per heavy atom. The van der Waals surface area contributed by atoms with Gasteiger partial charge < -0.3 is 10.0 Å². The van der Waals surface area contributed by atoms with Crippen molar-refractivity contribution < 1.29 is 14.7 Å². The van der Waals surface area contributed by atoms with Crippen molar-refractivity contribution in [3.63, 3.8) is 0 Å². The molecule has 1 N–H and O–H groups in total. The number of anilines is 1. The minimum atomic E-state index is -0.739. The van der Waals surface area contributed by atoms with Crippen LogP contribution in [0, 0.1) is 5.92 Å². The second-order valence-electron chi connectivity index (χ2n) is 7.14. The Labute approximate surface area is 143 Å². The van der Waals surface area contributed by atoms with E-state index in [0.29, 0.717) is 12.3 Å². The molecule has 2 aliphatic rings. The lowest BCUT2D eigenvalue weighted by Crippen LogP contribution is -2.40. The van der Waals surface area contributed by atoms with Crippen LogP contribution >= 0.6 is 0 Å². The van der Waals surface area contributed by atoms with Gasteiger partial charge in [0.05, 0.1) is 0 Å². The van der Waals surface area contributed by atoms with Crippen LogP contribution in [0.1, 0.15) is 62.5 Å². The molecule has 1 aromatic carbocycles. The minimum Gasteiger partial charge on any atom is -0.481 e.